The third-order valence-corrected chi connectivity index (χ3v) is 2.19. The van der Waals surface area contributed by atoms with E-state index in [0.717, 1.165) is 0 Å². The van der Waals surface area contributed by atoms with Crippen LogP contribution in [-0.2, 0) is 0 Å². The fourth-order valence-electron chi connectivity index (χ4n) is 0.747. The lowest BCUT2D eigenvalue weighted by Gasteiger charge is -2.27. The highest BCUT2D eigenvalue weighted by Gasteiger charge is 2.23. The van der Waals surface area contributed by atoms with Gasteiger partial charge < -0.3 is 5.73 Å². The van der Waals surface area contributed by atoms with Gasteiger partial charge in [0.25, 0.3) is 0 Å². The molecule has 1 aliphatic heterocycles. The van der Waals surface area contributed by atoms with Gasteiger partial charge in [0.1, 0.15) is 0 Å². The third kappa shape index (κ3) is 1.56. The molecule has 1 unspecified atom stereocenters. The van der Waals surface area contributed by atoms with E-state index in [0.29, 0.717) is 0 Å². The standard InChI is InChI=1S/C5H10N4OS/c1-9-4(10)7-3(6)8-5(9)11-2/h5H,1-2H3,(H3,6,7,8,10). The van der Waals surface area contributed by atoms with Crippen molar-refractivity contribution in [1.82, 2.24) is 10.2 Å². The summed E-state index contributed by atoms with van der Waals surface area (Å²) in [5.41, 5.74) is 5.14. The Morgan fingerprint density at radius 1 is 1.82 bits per heavy atom. The molecule has 1 aliphatic rings. The number of nitrogens with two attached hydrogens (primary N) is 1. The lowest BCUT2D eigenvalue weighted by atomic mass is 10.7. The van der Waals surface area contributed by atoms with Crippen molar-refractivity contribution in [3.05, 3.63) is 0 Å². The van der Waals surface area contributed by atoms with Crippen molar-refractivity contribution in [3.8, 4) is 0 Å². The lowest BCUT2D eigenvalue weighted by molar-refractivity contribution is 0.208. The quantitative estimate of drug-likeness (QED) is 0.568. The Kier molecular flexibility index (Phi) is 2.23. The molecule has 0 spiro atoms. The minimum atomic E-state index is -0.211. The Hall–Kier alpha value is -0.910. The van der Waals surface area contributed by atoms with Gasteiger partial charge in [-0.3, -0.25) is 10.2 Å². The highest BCUT2D eigenvalue weighted by Crippen LogP contribution is 2.14. The normalized spacial score (nSPS) is 24.5. The molecule has 0 aliphatic carbocycles. The van der Waals surface area contributed by atoms with E-state index in [1.807, 2.05) is 6.26 Å². The molecule has 11 heavy (non-hydrogen) atoms. The number of guanidine groups is 1. The van der Waals surface area contributed by atoms with Crippen molar-refractivity contribution >= 4 is 23.8 Å². The summed E-state index contributed by atoms with van der Waals surface area (Å²) in [6.45, 7) is 0. The molecule has 0 aromatic carbocycles. The van der Waals surface area contributed by atoms with Gasteiger partial charge in [0, 0.05) is 7.05 Å². The average molecular weight is 174 g/mol. The average Bonchev–Trinajstić information content (AvgIpc) is 1.96. The zero-order valence-corrected chi connectivity index (χ0v) is 7.18. The fraction of sp³-hybridized carbons (Fsp3) is 0.600. The molecule has 2 amide bonds. The topological polar surface area (TPSA) is 70.7 Å². The summed E-state index contributed by atoms with van der Waals surface area (Å²) in [5.74, 6) is 0.187. The second kappa shape index (κ2) is 3.00. The maximum atomic E-state index is 11.0. The fourth-order valence-corrected chi connectivity index (χ4v) is 1.38. The molecule has 0 bridgehead atoms. The number of hydrogen-bond acceptors (Lipinski definition) is 4. The van der Waals surface area contributed by atoms with Crippen LogP contribution in [0.2, 0.25) is 0 Å². The number of thioether (sulfide) groups is 1. The summed E-state index contributed by atoms with van der Waals surface area (Å²) >= 11 is 1.46. The van der Waals surface area contributed by atoms with Crippen molar-refractivity contribution in [1.29, 1.82) is 0 Å². The molecule has 3 N–H and O–H groups in total. The van der Waals surface area contributed by atoms with Crippen LogP contribution in [0.5, 0.6) is 0 Å². The molecule has 62 valence electrons. The zero-order valence-electron chi connectivity index (χ0n) is 6.37. The molecule has 0 fully saturated rings. The first-order valence-corrected chi connectivity index (χ1v) is 4.34. The van der Waals surface area contributed by atoms with Crippen LogP contribution in [0.3, 0.4) is 0 Å². The van der Waals surface area contributed by atoms with Crippen molar-refractivity contribution in [3.63, 3.8) is 0 Å². The number of nitrogens with one attached hydrogen (secondary N) is 1. The zero-order chi connectivity index (χ0) is 8.43. The van der Waals surface area contributed by atoms with E-state index in [1.165, 1.54) is 16.7 Å². The minimum Gasteiger partial charge on any atom is -0.369 e. The number of hydrogen-bond donors (Lipinski definition) is 2. The Labute approximate surface area is 69.0 Å². The van der Waals surface area contributed by atoms with Gasteiger partial charge in [-0.25, -0.2) is 9.79 Å². The number of aliphatic imine (C=N–C) groups is 1. The number of amides is 2. The van der Waals surface area contributed by atoms with Gasteiger partial charge in [0.2, 0.25) is 0 Å². The molecule has 0 aromatic rings. The largest absolute Gasteiger partial charge is 0.369 e. The maximum Gasteiger partial charge on any atom is 0.326 e. The number of nitrogens with zero attached hydrogens (tertiary/aromatic N) is 2. The molecule has 0 saturated heterocycles. The lowest BCUT2D eigenvalue weighted by Crippen LogP contribution is -2.52. The van der Waals surface area contributed by atoms with E-state index >= 15 is 0 Å². The van der Waals surface area contributed by atoms with Crippen LogP contribution in [0.15, 0.2) is 4.99 Å². The summed E-state index contributed by atoms with van der Waals surface area (Å²) in [5, 5.41) is 2.39. The highest BCUT2D eigenvalue weighted by atomic mass is 32.2. The van der Waals surface area contributed by atoms with Crippen molar-refractivity contribution in [2.45, 2.75) is 5.50 Å². The maximum absolute atomic E-state index is 11.0. The van der Waals surface area contributed by atoms with Crippen LogP contribution < -0.4 is 11.1 Å². The second-order valence-corrected chi connectivity index (χ2v) is 3.01. The predicted octanol–water partition coefficient (Wildman–Crippen LogP) is -0.397. The van der Waals surface area contributed by atoms with Gasteiger partial charge in [-0.1, -0.05) is 0 Å². The number of carbonyl (C=O) groups excluding carboxylic acids is 1. The monoisotopic (exact) mass is 174 g/mol. The molecule has 0 aromatic heterocycles. The van der Waals surface area contributed by atoms with E-state index in [2.05, 4.69) is 10.3 Å². The summed E-state index contributed by atoms with van der Waals surface area (Å²) in [6, 6.07) is -0.211. The van der Waals surface area contributed by atoms with Gasteiger partial charge in [0.05, 0.1) is 0 Å². The molecule has 1 heterocycles. The van der Waals surface area contributed by atoms with Crippen molar-refractivity contribution in [2.75, 3.05) is 13.3 Å². The van der Waals surface area contributed by atoms with E-state index in [1.54, 1.807) is 7.05 Å². The Morgan fingerprint density at radius 2 is 2.45 bits per heavy atom. The minimum absolute atomic E-state index is 0.187. The molecule has 1 atom stereocenters. The van der Waals surface area contributed by atoms with Crippen molar-refractivity contribution < 1.29 is 4.79 Å². The number of urea groups is 1. The summed E-state index contributed by atoms with van der Waals surface area (Å²) in [4.78, 5) is 16.5. The van der Waals surface area contributed by atoms with Gasteiger partial charge >= 0.3 is 6.03 Å². The Morgan fingerprint density at radius 3 is 3.00 bits per heavy atom. The third-order valence-electron chi connectivity index (χ3n) is 1.35. The van der Waals surface area contributed by atoms with Crippen molar-refractivity contribution in [2.24, 2.45) is 10.7 Å². The van der Waals surface area contributed by atoms with E-state index in [-0.39, 0.29) is 17.5 Å². The SMILES string of the molecule is CSC1N=C(N)NC(=O)N1C. The second-order valence-electron chi connectivity index (χ2n) is 2.12. The van der Waals surface area contributed by atoms with Crippen LogP contribution in [0.25, 0.3) is 0 Å². The molecule has 1 rings (SSSR count). The molecule has 5 nitrogen and oxygen atoms in total. The van der Waals surface area contributed by atoms with E-state index < -0.39 is 0 Å². The molecular weight excluding hydrogens is 164 g/mol. The van der Waals surface area contributed by atoms with E-state index in [9.17, 15) is 4.79 Å². The predicted molar refractivity (Wildman–Crippen MR) is 45.2 cm³/mol. The summed E-state index contributed by atoms with van der Waals surface area (Å²) in [6.07, 6.45) is 1.87. The first-order valence-electron chi connectivity index (χ1n) is 3.05. The molecular formula is C5H10N4OS. The number of carbonyl (C=O) groups is 1. The first-order chi connectivity index (χ1) is 5.15. The van der Waals surface area contributed by atoms with Gasteiger partial charge in [-0.15, -0.1) is 11.8 Å². The summed E-state index contributed by atoms with van der Waals surface area (Å²) < 4.78 is 0. The Balaban J connectivity index is 2.78. The first kappa shape index (κ1) is 8.19. The van der Waals surface area contributed by atoms with Gasteiger partial charge in [-0.2, -0.15) is 0 Å². The van der Waals surface area contributed by atoms with Crippen LogP contribution in [0.4, 0.5) is 4.79 Å². The van der Waals surface area contributed by atoms with Crippen LogP contribution in [0.1, 0.15) is 0 Å². The molecule has 6 heteroatoms. The molecule has 0 radical (unpaired) electrons. The Bertz CT molecular complexity index is 205. The summed E-state index contributed by atoms with van der Waals surface area (Å²) in [7, 11) is 1.67. The molecule has 0 saturated carbocycles. The van der Waals surface area contributed by atoms with Crippen LogP contribution >= 0.6 is 11.8 Å². The smallest absolute Gasteiger partial charge is 0.326 e. The van der Waals surface area contributed by atoms with E-state index in [4.69, 9.17) is 5.73 Å². The van der Waals surface area contributed by atoms with Gasteiger partial charge in [0.15, 0.2) is 11.5 Å². The highest BCUT2D eigenvalue weighted by molar-refractivity contribution is 7.99. The van der Waals surface area contributed by atoms with Gasteiger partial charge in [-0.05, 0) is 6.26 Å². The number of rotatable bonds is 1. The van der Waals surface area contributed by atoms with Crippen LogP contribution in [-0.4, -0.2) is 35.7 Å². The van der Waals surface area contributed by atoms with Crippen LogP contribution in [0, 0.1) is 0 Å².